The van der Waals surface area contributed by atoms with E-state index in [2.05, 4.69) is 42.5 Å². The van der Waals surface area contributed by atoms with E-state index in [0.717, 1.165) is 29.2 Å². The van der Waals surface area contributed by atoms with Crippen molar-refractivity contribution in [2.24, 2.45) is 0 Å². The first-order valence-electron chi connectivity index (χ1n) is 8.85. The van der Waals surface area contributed by atoms with Crippen molar-refractivity contribution in [3.8, 4) is 0 Å². The lowest BCUT2D eigenvalue weighted by atomic mass is 9.87. The number of carbonyl (C=O) groups is 2. The van der Waals surface area contributed by atoms with Crippen LogP contribution in [0.3, 0.4) is 0 Å². The minimum atomic E-state index is -0.142. The van der Waals surface area contributed by atoms with Crippen LogP contribution in [0.2, 0.25) is 0 Å². The Morgan fingerprint density at radius 2 is 1.54 bits per heavy atom. The number of benzene rings is 3. The van der Waals surface area contributed by atoms with Crippen LogP contribution >= 0.6 is 0 Å². The van der Waals surface area contributed by atoms with Crippen molar-refractivity contribution in [1.82, 2.24) is 0 Å². The molecule has 2 nitrogen and oxygen atoms in total. The van der Waals surface area contributed by atoms with Crippen molar-refractivity contribution in [1.29, 1.82) is 0 Å². The molecule has 0 amide bonds. The van der Waals surface area contributed by atoms with Gasteiger partial charge in [0.05, 0.1) is 0 Å². The van der Waals surface area contributed by atoms with Crippen LogP contribution < -0.4 is 0 Å². The highest BCUT2D eigenvalue weighted by molar-refractivity contribution is 6.36. The molecule has 0 saturated heterocycles. The number of aryl methyl sites for hydroxylation is 1. The van der Waals surface area contributed by atoms with E-state index in [1.807, 2.05) is 12.1 Å². The van der Waals surface area contributed by atoms with Crippen molar-refractivity contribution in [3.63, 3.8) is 0 Å². The van der Waals surface area contributed by atoms with Gasteiger partial charge in [0.2, 0.25) is 0 Å². The van der Waals surface area contributed by atoms with E-state index in [-0.39, 0.29) is 11.6 Å². The molecule has 3 aromatic rings. The van der Waals surface area contributed by atoms with Gasteiger partial charge in [-0.3, -0.25) is 9.59 Å². The zero-order chi connectivity index (χ0) is 17.7. The van der Waals surface area contributed by atoms with E-state index in [1.165, 1.54) is 40.1 Å². The van der Waals surface area contributed by atoms with Crippen LogP contribution in [0.15, 0.2) is 66.8 Å². The third-order valence-corrected chi connectivity index (χ3v) is 5.30. The molecule has 124 valence electrons. The maximum Gasteiger partial charge on any atom is 0.186 e. The smallest absolute Gasteiger partial charge is 0.186 e. The average Bonchev–Trinajstić information content (AvgIpc) is 2.69. The summed E-state index contributed by atoms with van der Waals surface area (Å²) in [4.78, 5) is 24.1. The van der Waals surface area contributed by atoms with Crippen LogP contribution in [0, 0.1) is 0 Å². The molecule has 3 aromatic carbocycles. The Bertz CT molecular complexity index is 1210. The molecule has 0 atom stereocenters. The Hall–Kier alpha value is -3.26. The van der Waals surface area contributed by atoms with Gasteiger partial charge in [-0.25, -0.2) is 0 Å². The fourth-order valence-electron chi connectivity index (χ4n) is 4.05. The summed E-state index contributed by atoms with van der Waals surface area (Å²) < 4.78 is 0. The second-order valence-electron chi connectivity index (χ2n) is 6.80. The highest BCUT2D eigenvalue weighted by Crippen LogP contribution is 2.35. The normalized spacial score (nSPS) is 16.2. The number of rotatable bonds is 1. The quantitative estimate of drug-likeness (QED) is 0.461. The zero-order valence-corrected chi connectivity index (χ0v) is 14.2. The van der Waals surface area contributed by atoms with Gasteiger partial charge in [-0.15, -0.1) is 0 Å². The van der Waals surface area contributed by atoms with Gasteiger partial charge >= 0.3 is 0 Å². The van der Waals surface area contributed by atoms with Crippen LogP contribution in [0.25, 0.3) is 33.2 Å². The fraction of sp³-hybridized carbons (Fsp3) is 0.0833. The molecule has 0 aliphatic heterocycles. The summed E-state index contributed by atoms with van der Waals surface area (Å²) in [7, 11) is 0. The number of allylic oxidation sites excluding steroid dienone is 5. The summed E-state index contributed by atoms with van der Waals surface area (Å²) in [6, 6.07) is 14.6. The summed E-state index contributed by atoms with van der Waals surface area (Å²) in [5.41, 5.74) is 3.98. The summed E-state index contributed by atoms with van der Waals surface area (Å²) >= 11 is 0. The molecule has 26 heavy (non-hydrogen) atoms. The first kappa shape index (κ1) is 15.0. The van der Waals surface area contributed by atoms with Gasteiger partial charge in [-0.2, -0.15) is 0 Å². The molecule has 2 aliphatic rings. The summed E-state index contributed by atoms with van der Waals surface area (Å²) in [6.07, 6.45) is 10.7. The third-order valence-electron chi connectivity index (χ3n) is 5.30. The lowest BCUT2D eigenvalue weighted by Gasteiger charge is -2.16. The van der Waals surface area contributed by atoms with Crippen LogP contribution in [-0.4, -0.2) is 11.6 Å². The Morgan fingerprint density at radius 3 is 2.46 bits per heavy atom. The molecule has 2 aliphatic carbocycles. The summed E-state index contributed by atoms with van der Waals surface area (Å²) in [5, 5.41) is 4.53. The summed E-state index contributed by atoms with van der Waals surface area (Å²) in [5.74, 6) is -0.262. The Kier molecular flexibility index (Phi) is 3.26. The summed E-state index contributed by atoms with van der Waals surface area (Å²) in [6.45, 7) is 0. The Balaban J connectivity index is 1.82. The molecule has 0 heterocycles. The maximum absolute atomic E-state index is 12.3. The largest absolute Gasteiger partial charge is 0.290 e. The van der Waals surface area contributed by atoms with Gasteiger partial charge in [0.15, 0.2) is 11.6 Å². The lowest BCUT2D eigenvalue weighted by molar-refractivity contribution is -0.113. The van der Waals surface area contributed by atoms with Gasteiger partial charge in [0.25, 0.3) is 0 Å². The molecule has 0 unspecified atom stereocenters. The molecule has 0 aromatic heterocycles. The fourth-order valence-corrected chi connectivity index (χ4v) is 4.05. The van der Waals surface area contributed by atoms with Gasteiger partial charge in [-0.1, -0.05) is 54.6 Å². The molecular weight excluding hydrogens is 320 g/mol. The van der Waals surface area contributed by atoms with Crippen LogP contribution in [0.5, 0.6) is 0 Å². The van der Waals surface area contributed by atoms with Gasteiger partial charge in [-0.05, 0) is 69.3 Å². The predicted molar refractivity (Wildman–Crippen MR) is 106 cm³/mol. The number of hydrogen-bond donors (Lipinski definition) is 0. The molecule has 0 bridgehead atoms. The van der Waals surface area contributed by atoms with Crippen molar-refractivity contribution in [2.75, 3.05) is 0 Å². The number of fused-ring (bicyclic) bond motifs is 5. The molecule has 5 rings (SSSR count). The first-order chi connectivity index (χ1) is 12.7. The van der Waals surface area contributed by atoms with Crippen molar-refractivity contribution in [2.45, 2.75) is 12.8 Å². The van der Waals surface area contributed by atoms with Crippen LogP contribution in [0.1, 0.15) is 23.1 Å². The molecule has 0 N–H and O–H groups in total. The molecule has 0 radical (unpaired) electrons. The lowest BCUT2D eigenvalue weighted by Crippen LogP contribution is -2.07. The molecule has 0 saturated carbocycles. The minimum Gasteiger partial charge on any atom is -0.290 e. The SMILES string of the molecule is O=C1C=CC(=O)C(c2cccc3c2ccc2c4c(ccc23)CCC=C4)=C1. The van der Waals surface area contributed by atoms with Gasteiger partial charge in [0.1, 0.15) is 0 Å². The predicted octanol–water partition coefficient (Wildman–Crippen LogP) is 5.04. The molecule has 0 spiro atoms. The zero-order valence-electron chi connectivity index (χ0n) is 14.2. The van der Waals surface area contributed by atoms with Crippen LogP contribution in [-0.2, 0) is 16.0 Å². The van der Waals surface area contributed by atoms with E-state index in [9.17, 15) is 9.59 Å². The number of hydrogen-bond acceptors (Lipinski definition) is 2. The van der Waals surface area contributed by atoms with Crippen LogP contribution in [0.4, 0.5) is 0 Å². The van der Waals surface area contributed by atoms with E-state index in [0.29, 0.717) is 5.57 Å². The third kappa shape index (κ3) is 2.19. The maximum atomic E-state index is 12.3. The molecular formula is C24H16O2. The van der Waals surface area contributed by atoms with Gasteiger partial charge in [0, 0.05) is 5.57 Å². The van der Waals surface area contributed by atoms with Gasteiger partial charge < -0.3 is 0 Å². The second kappa shape index (κ2) is 5.63. The first-order valence-corrected chi connectivity index (χ1v) is 8.85. The highest BCUT2D eigenvalue weighted by atomic mass is 16.1. The Morgan fingerprint density at radius 1 is 0.731 bits per heavy atom. The molecule has 0 fully saturated rings. The van der Waals surface area contributed by atoms with E-state index in [1.54, 1.807) is 0 Å². The Labute approximate surface area is 151 Å². The second-order valence-corrected chi connectivity index (χ2v) is 6.80. The highest BCUT2D eigenvalue weighted by Gasteiger charge is 2.18. The minimum absolute atomic E-state index is 0.120. The average molecular weight is 336 g/mol. The topological polar surface area (TPSA) is 34.1 Å². The van der Waals surface area contributed by atoms with Crippen molar-refractivity contribution in [3.05, 3.63) is 83.5 Å². The standard InChI is InChI=1S/C24H16O2/c25-16-9-13-24(26)23(14-16)19-7-3-6-18-21-10-8-15-4-1-2-5-17(15)20(21)11-12-22(18)19/h2-3,5-14H,1,4H2. The van der Waals surface area contributed by atoms with E-state index >= 15 is 0 Å². The number of carbonyl (C=O) groups excluding carboxylic acids is 2. The number of ketones is 2. The van der Waals surface area contributed by atoms with Crippen molar-refractivity contribution >= 4 is 44.8 Å². The van der Waals surface area contributed by atoms with E-state index < -0.39 is 0 Å². The molecule has 2 heteroatoms. The van der Waals surface area contributed by atoms with E-state index in [4.69, 9.17) is 0 Å². The monoisotopic (exact) mass is 336 g/mol. The van der Waals surface area contributed by atoms with Crippen molar-refractivity contribution < 1.29 is 9.59 Å².